The van der Waals surface area contributed by atoms with Crippen molar-refractivity contribution in [3.63, 3.8) is 0 Å². The zero-order valence-corrected chi connectivity index (χ0v) is 13.7. The van der Waals surface area contributed by atoms with Gasteiger partial charge in [-0.3, -0.25) is 24.7 Å². The number of amides is 1. The summed E-state index contributed by atoms with van der Waals surface area (Å²) in [4.78, 5) is 38.6. The summed E-state index contributed by atoms with van der Waals surface area (Å²) in [6, 6.07) is 8.97. The second-order valence-electron chi connectivity index (χ2n) is 5.52. The summed E-state index contributed by atoms with van der Waals surface area (Å²) in [5, 5.41) is 14.7. The molecule has 0 aliphatic heterocycles. The van der Waals surface area contributed by atoms with Crippen LogP contribution in [0.15, 0.2) is 48.8 Å². The van der Waals surface area contributed by atoms with Crippen LogP contribution < -0.4 is 10.6 Å². The molecular formula is C18H19N3O4. The topological polar surface area (TPSA) is 108 Å². The van der Waals surface area contributed by atoms with Gasteiger partial charge in [0.25, 0.3) is 0 Å². The van der Waals surface area contributed by atoms with Crippen molar-refractivity contribution in [2.75, 3.05) is 5.32 Å². The number of nitrogens with zero attached hydrogens (tertiary/aromatic N) is 1. The highest BCUT2D eigenvalue weighted by molar-refractivity contribution is 5.96. The van der Waals surface area contributed by atoms with Gasteiger partial charge in [0.05, 0.1) is 6.42 Å². The van der Waals surface area contributed by atoms with E-state index in [0.717, 1.165) is 5.56 Å². The molecule has 7 heteroatoms. The lowest BCUT2D eigenvalue weighted by molar-refractivity contribution is -0.141. The molecule has 0 unspecified atom stereocenters. The van der Waals surface area contributed by atoms with E-state index in [2.05, 4.69) is 15.6 Å². The number of nitrogens with one attached hydrogen (secondary N) is 2. The third-order valence-corrected chi connectivity index (χ3v) is 3.54. The summed E-state index contributed by atoms with van der Waals surface area (Å²) in [6.45, 7) is 1.75. The van der Waals surface area contributed by atoms with Crippen molar-refractivity contribution in [2.24, 2.45) is 0 Å². The molecular weight excluding hydrogens is 322 g/mol. The lowest BCUT2D eigenvalue weighted by Gasteiger charge is -2.14. The van der Waals surface area contributed by atoms with Crippen molar-refractivity contribution < 1.29 is 19.5 Å². The Hall–Kier alpha value is -3.06. The van der Waals surface area contributed by atoms with Crippen molar-refractivity contribution in [2.45, 2.75) is 25.9 Å². The number of hydrogen-bond acceptors (Lipinski definition) is 5. The van der Waals surface area contributed by atoms with Gasteiger partial charge in [-0.25, -0.2) is 0 Å². The summed E-state index contributed by atoms with van der Waals surface area (Å²) >= 11 is 0. The highest BCUT2D eigenvalue weighted by Crippen LogP contribution is 2.11. The van der Waals surface area contributed by atoms with E-state index in [1.807, 2.05) is 6.07 Å². The van der Waals surface area contributed by atoms with Gasteiger partial charge in [0.1, 0.15) is 6.04 Å². The number of pyridine rings is 1. The molecule has 25 heavy (non-hydrogen) atoms. The van der Waals surface area contributed by atoms with E-state index < -0.39 is 17.9 Å². The van der Waals surface area contributed by atoms with Gasteiger partial charge in [-0.15, -0.1) is 0 Å². The van der Waals surface area contributed by atoms with Crippen molar-refractivity contribution in [3.8, 4) is 0 Å². The minimum absolute atomic E-state index is 0.0663. The monoisotopic (exact) mass is 341 g/mol. The number of carboxylic acids is 1. The fourth-order valence-corrected chi connectivity index (χ4v) is 2.18. The first kappa shape index (κ1) is 18.3. The molecule has 0 aliphatic carbocycles. The first-order chi connectivity index (χ1) is 12.0. The number of carboxylic acid groups (broad SMARTS) is 1. The van der Waals surface area contributed by atoms with Gasteiger partial charge in [-0.05, 0) is 42.8 Å². The molecule has 130 valence electrons. The largest absolute Gasteiger partial charge is 0.480 e. The van der Waals surface area contributed by atoms with Crippen molar-refractivity contribution in [1.29, 1.82) is 0 Å². The molecule has 1 atom stereocenters. The van der Waals surface area contributed by atoms with E-state index in [0.29, 0.717) is 17.8 Å². The van der Waals surface area contributed by atoms with E-state index in [1.165, 1.54) is 6.92 Å². The molecule has 3 N–H and O–H groups in total. The summed E-state index contributed by atoms with van der Waals surface area (Å²) in [5.74, 6) is -1.60. The lowest BCUT2D eigenvalue weighted by Crippen LogP contribution is -2.39. The Balaban J connectivity index is 1.91. The maximum Gasteiger partial charge on any atom is 0.321 e. The van der Waals surface area contributed by atoms with Crippen LogP contribution in [-0.4, -0.2) is 33.8 Å². The predicted molar refractivity (Wildman–Crippen MR) is 92.2 cm³/mol. The van der Waals surface area contributed by atoms with Gasteiger partial charge in [-0.2, -0.15) is 0 Å². The number of carbonyl (C=O) groups excluding carboxylic acids is 2. The number of carbonyl (C=O) groups is 3. The number of rotatable bonds is 8. The molecule has 1 amide bonds. The molecule has 0 fully saturated rings. The fourth-order valence-electron chi connectivity index (χ4n) is 2.18. The van der Waals surface area contributed by atoms with Gasteiger partial charge >= 0.3 is 5.97 Å². The van der Waals surface area contributed by atoms with Gasteiger partial charge < -0.3 is 10.4 Å². The number of Topliss-reactive ketones (excluding diaryl/α,β-unsaturated/α-hetero) is 1. The highest BCUT2D eigenvalue weighted by Gasteiger charge is 2.20. The van der Waals surface area contributed by atoms with Crippen LogP contribution in [0.3, 0.4) is 0 Å². The molecule has 0 spiro atoms. The molecule has 0 radical (unpaired) electrons. The van der Waals surface area contributed by atoms with Crippen LogP contribution in [0.5, 0.6) is 0 Å². The lowest BCUT2D eigenvalue weighted by atomic mass is 10.1. The Morgan fingerprint density at radius 3 is 2.44 bits per heavy atom. The summed E-state index contributed by atoms with van der Waals surface area (Å²) in [5.41, 5.74) is 1.87. The maximum atomic E-state index is 12.1. The molecule has 2 aromatic rings. The van der Waals surface area contributed by atoms with E-state index in [1.54, 1.807) is 42.7 Å². The van der Waals surface area contributed by atoms with Crippen LogP contribution in [-0.2, 0) is 16.1 Å². The average molecular weight is 341 g/mol. The Morgan fingerprint density at radius 1 is 1.16 bits per heavy atom. The smallest absolute Gasteiger partial charge is 0.321 e. The van der Waals surface area contributed by atoms with Crippen molar-refractivity contribution in [3.05, 3.63) is 59.9 Å². The highest BCUT2D eigenvalue weighted by atomic mass is 16.4. The predicted octanol–water partition coefficient (Wildman–Crippen LogP) is 1.86. The Morgan fingerprint density at radius 2 is 1.88 bits per heavy atom. The van der Waals surface area contributed by atoms with Crippen LogP contribution in [0.1, 0.15) is 29.3 Å². The zero-order valence-electron chi connectivity index (χ0n) is 13.7. The first-order valence-electron chi connectivity index (χ1n) is 7.71. The summed E-state index contributed by atoms with van der Waals surface area (Å²) in [6.07, 6.45) is 3.04. The van der Waals surface area contributed by atoms with E-state index in [4.69, 9.17) is 0 Å². The zero-order chi connectivity index (χ0) is 18.2. The van der Waals surface area contributed by atoms with Gasteiger partial charge in [0.2, 0.25) is 5.91 Å². The van der Waals surface area contributed by atoms with E-state index >= 15 is 0 Å². The van der Waals surface area contributed by atoms with E-state index in [-0.39, 0.29) is 12.2 Å². The summed E-state index contributed by atoms with van der Waals surface area (Å²) in [7, 11) is 0. The number of anilines is 1. The molecule has 0 saturated heterocycles. The minimum atomic E-state index is -1.11. The minimum Gasteiger partial charge on any atom is -0.480 e. The fraction of sp³-hybridized carbons (Fsp3) is 0.222. The second kappa shape index (κ2) is 8.70. The molecule has 7 nitrogen and oxygen atoms in total. The van der Waals surface area contributed by atoms with Crippen LogP contribution in [0.25, 0.3) is 0 Å². The number of hydrogen-bond donors (Lipinski definition) is 3. The first-order valence-corrected chi connectivity index (χ1v) is 7.71. The standard InChI is InChI=1S/C18H19N3O4/c1-12(22)14-4-6-15(7-5-14)21-17(23)9-16(18(24)25)20-11-13-3-2-8-19-10-13/h2-8,10,16,20H,9,11H2,1H3,(H,21,23)(H,24,25)/t16-/m0/s1. The number of ketones is 1. The Kier molecular flexibility index (Phi) is 6.36. The molecule has 0 saturated carbocycles. The number of benzene rings is 1. The van der Waals surface area contributed by atoms with Gasteiger partial charge in [0, 0.05) is 30.2 Å². The number of aromatic nitrogens is 1. The maximum absolute atomic E-state index is 12.1. The van der Waals surface area contributed by atoms with E-state index in [9.17, 15) is 19.5 Å². The molecule has 2 rings (SSSR count). The normalized spacial score (nSPS) is 11.6. The van der Waals surface area contributed by atoms with Crippen molar-refractivity contribution >= 4 is 23.3 Å². The van der Waals surface area contributed by atoms with Crippen LogP contribution in [0, 0.1) is 0 Å². The van der Waals surface area contributed by atoms with Gasteiger partial charge in [-0.1, -0.05) is 6.07 Å². The van der Waals surface area contributed by atoms with Crippen LogP contribution >= 0.6 is 0 Å². The Labute approximate surface area is 145 Å². The SMILES string of the molecule is CC(=O)c1ccc(NC(=O)C[C@H](NCc2cccnc2)C(=O)O)cc1. The van der Waals surface area contributed by atoms with Crippen molar-refractivity contribution in [1.82, 2.24) is 10.3 Å². The summed E-state index contributed by atoms with van der Waals surface area (Å²) < 4.78 is 0. The molecule has 0 aliphatic rings. The van der Waals surface area contributed by atoms with Crippen LogP contribution in [0.2, 0.25) is 0 Å². The molecule has 1 heterocycles. The number of aliphatic carboxylic acids is 1. The third-order valence-electron chi connectivity index (χ3n) is 3.54. The average Bonchev–Trinajstić information content (AvgIpc) is 2.59. The molecule has 0 bridgehead atoms. The quantitative estimate of drug-likeness (QED) is 0.633. The Bertz CT molecular complexity index is 745. The molecule has 1 aromatic carbocycles. The van der Waals surface area contributed by atoms with Crippen LogP contribution in [0.4, 0.5) is 5.69 Å². The van der Waals surface area contributed by atoms with Gasteiger partial charge in [0.15, 0.2) is 5.78 Å². The molecule has 1 aromatic heterocycles. The third kappa shape index (κ3) is 5.82. The second-order valence-corrected chi connectivity index (χ2v) is 5.52.